The number of nitrogens with zero attached hydrogens (tertiary/aromatic N) is 7. The maximum absolute atomic E-state index is 13.4. The standard InChI is InChI=1S/C52H67N11O8/c1-29(2)61(32-23-30(24-32)15-19-40-58-35-17-16-31(52(3,4)5)25-37(35)59-40)26-39-44(66)45(67)51(71-39)62-28-57-43-46(55-27-56-47(43)62)54-21-8-6-7-11-33(64)12-10-22-53-36-14-9-13-34-42(36)50(70)63(49(34)69)38-18-20-41(65)60-48(38)68/h9,13-14,16-17,25,27-30,32,38-39,44-45,51,53,66-67H,6-8,10-12,15,18-24,26H2,1-5H3,(H,58,59)(H,54,55,56)(H,60,65,68)/t30?,32?,38?,39-,44?,45+,51-/m1/s1. The molecule has 4 aliphatic rings. The molecule has 2 aromatic carbocycles. The minimum atomic E-state index is -1.18. The van der Waals surface area contributed by atoms with Crippen LogP contribution in [0.5, 0.6) is 0 Å². The fourth-order valence-corrected chi connectivity index (χ4v) is 10.6. The van der Waals surface area contributed by atoms with Crippen LogP contribution in [0.4, 0.5) is 11.5 Å². The molecule has 1 saturated carbocycles. The molecule has 2 saturated heterocycles. The van der Waals surface area contributed by atoms with E-state index in [0.717, 1.165) is 66.7 Å². The predicted octanol–water partition coefficient (Wildman–Crippen LogP) is 5.58. The van der Waals surface area contributed by atoms with Gasteiger partial charge in [0.25, 0.3) is 11.8 Å². The highest BCUT2D eigenvalue weighted by molar-refractivity contribution is 6.25. The van der Waals surface area contributed by atoms with Crippen molar-refractivity contribution in [2.45, 2.75) is 160 Å². The molecule has 2 unspecified atom stereocenters. The molecule has 3 aliphatic heterocycles. The Bertz CT molecular complexity index is 2790. The van der Waals surface area contributed by atoms with Crippen LogP contribution in [0.15, 0.2) is 49.1 Å². The van der Waals surface area contributed by atoms with E-state index in [-0.39, 0.29) is 41.2 Å². The van der Waals surface area contributed by atoms with E-state index in [0.29, 0.717) is 73.5 Å². The summed E-state index contributed by atoms with van der Waals surface area (Å²) in [7, 11) is 0. The number of unbranched alkanes of at least 4 members (excludes halogenated alkanes) is 2. The largest absolute Gasteiger partial charge is 0.387 e. The van der Waals surface area contributed by atoms with Crippen LogP contribution >= 0.6 is 0 Å². The third-order valence-electron chi connectivity index (χ3n) is 14.7. The number of carbonyl (C=O) groups excluding carboxylic acids is 5. The number of aliphatic hydroxyl groups is 2. The van der Waals surface area contributed by atoms with E-state index in [1.807, 2.05) is 0 Å². The molecule has 71 heavy (non-hydrogen) atoms. The number of rotatable bonds is 21. The molecule has 9 rings (SSSR count). The number of hydrogen-bond acceptors (Lipinski definition) is 15. The third-order valence-corrected chi connectivity index (χ3v) is 14.7. The number of hydrogen-bond donors (Lipinski definition) is 6. The number of H-pyrrole nitrogens is 1. The van der Waals surface area contributed by atoms with Gasteiger partial charge in [0.05, 0.1) is 28.5 Å². The van der Waals surface area contributed by atoms with Crippen molar-refractivity contribution in [2.24, 2.45) is 5.92 Å². The highest BCUT2D eigenvalue weighted by atomic mass is 16.6. The number of carbonyl (C=O) groups is 5. The van der Waals surface area contributed by atoms with Gasteiger partial charge >= 0.3 is 0 Å². The Balaban J connectivity index is 0.689. The average molecular weight is 974 g/mol. The van der Waals surface area contributed by atoms with Crippen LogP contribution in [0.1, 0.15) is 144 Å². The summed E-state index contributed by atoms with van der Waals surface area (Å²) < 4.78 is 8.10. The van der Waals surface area contributed by atoms with E-state index < -0.39 is 54.2 Å². The zero-order valence-electron chi connectivity index (χ0n) is 41.3. The van der Waals surface area contributed by atoms with Gasteiger partial charge < -0.3 is 30.6 Å². The van der Waals surface area contributed by atoms with E-state index in [1.165, 1.54) is 11.9 Å². The first-order valence-electron chi connectivity index (χ1n) is 25.3. The summed E-state index contributed by atoms with van der Waals surface area (Å²) in [6, 6.07) is 10.9. The Morgan fingerprint density at radius 3 is 2.51 bits per heavy atom. The number of amides is 4. The van der Waals surface area contributed by atoms with Gasteiger partial charge in [0.1, 0.15) is 42.3 Å². The van der Waals surface area contributed by atoms with E-state index in [9.17, 15) is 34.2 Å². The van der Waals surface area contributed by atoms with E-state index in [4.69, 9.17) is 9.72 Å². The molecular formula is C52H67N11O8. The lowest BCUT2D eigenvalue weighted by atomic mass is 9.76. The molecule has 6 heterocycles. The van der Waals surface area contributed by atoms with Crippen LogP contribution in [0.2, 0.25) is 0 Å². The second kappa shape index (κ2) is 20.9. The van der Waals surface area contributed by atoms with Crippen molar-refractivity contribution in [3.05, 3.63) is 71.6 Å². The number of aromatic amines is 1. The first-order chi connectivity index (χ1) is 34.0. The number of ether oxygens (including phenoxy) is 1. The summed E-state index contributed by atoms with van der Waals surface area (Å²) in [4.78, 5) is 88.6. The number of Topliss-reactive ketones (excluding diaryl/α,β-unsaturated/α-hetero) is 1. The molecular weight excluding hydrogens is 907 g/mol. The smallest absolute Gasteiger partial charge is 0.264 e. The zero-order valence-corrected chi connectivity index (χ0v) is 41.3. The van der Waals surface area contributed by atoms with E-state index in [2.05, 4.69) is 93.6 Å². The van der Waals surface area contributed by atoms with E-state index in [1.54, 1.807) is 29.1 Å². The van der Waals surface area contributed by atoms with Crippen LogP contribution in [-0.2, 0) is 31.0 Å². The maximum Gasteiger partial charge on any atom is 0.264 e. The minimum Gasteiger partial charge on any atom is -0.387 e. The zero-order chi connectivity index (χ0) is 50.1. The minimum absolute atomic E-state index is 0.0463. The van der Waals surface area contributed by atoms with Crippen molar-refractivity contribution in [1.29, 1.82) is 0 Å². The van der Waals surface area contributed by atoms with Gasteiger partial charge in [-0.1, -0.05) is 39.3 Å². The molecule has 0 radical (unpaired) electrons. The Labute approximate surface area is 412 Å². The molecule has 4 amide bonds. The Hall–Kier alpha value is -6.15. The number of ketones is 1. The predicted molar refractivity (Wildman–Crippen MR) is 266 cm³/mol. The number of piperidine rings is 1. The van der Waals surface area contributed by atoms with Gasteiger partial charge in [-0.15, -0.1) is 0 Å². The summed E-state index contributed by atoms with van der Waals surface area (Å²) >= 11 is 0. The van der Waals surface area contributed by atoms with Crippen LogP contribution in [-0.4, -0.2) is 135 Å². The van der Waals surface area contributed by atoms with Crippen molar-refractivity contribution >= 4 is 63.1 Å². The summed E-state index contributed by atoms with van der Waals surface area (Å²) in [6.07, 6.45) is 7.09. The molecule has 5 atom stereocenters. The molecule has 1 aliphatic carbocycles. The monoisotopic (exact) mass is 974 g/mol. The number of benzene rings is 2. The van der Waals surface area contributed by atoms with Gasteiger partial charge in [-0.05, 0) is 100.0 Å². The van der Waals surface area contributed by atoms with E-state index >= 15 is 0 Å². The Morgan fingerprint density at radius 2 is 1.73 bits per heavy atom. The van der Waals surface area contributed by atoms with Gasteiger partial charge in [0.15, 0.2) is 23.2 Å². The van der Waals surface area contributed by atoms with Crippen molar-refractivity contribution in [3.63, 3.8) is 0 Å². The lowest BCUT2D eigenvalue weighted by Gasteiger charge is -2.46. The van der Waals surface area contributed by atoms with Crippen LogP contribution in [0.25, 0.3) is 22.2 Å². The van der Waals surface area contributed by atoms with Crippen molar-refractivity contribution in [3.8, 4) is 0 Å². The lowest BCUT2D eigenvalue weighted by Crippen LogP contribution is -2.54. The molecule has 378 valence electrons. The highest BCUT2D eigenvalue weighted by Gasteiger charge is 2.48. The average Bonchev–Trinajstić information content (AvgIpc) is 4.07. The molecule has 3 fully saturated rings. The van der Waals surface area contributed by atoms with Crippen molar-refractivity contribution in [2.75, 3.05) is 30.3 Å². The number of anilines is 2. The quantitative estimate of drug-likeness (QED) is 0.0388. The second-order valence-corrected chi connectivity index (χ2v) is 21.1. The molecule has 19 heteroatoms. The molecule has 19 nitrogen and oxygen atoms in total. The first-order valence-corrected chi connectivity index (χ1v) is 25.3. The molecule has 0 spiro atoms. The molecule has 0 bridgehead atoms. The van der Waals surface area contributed by atoms with Gasteiger partial charge in [-0.2, -0.15) is 0 Å². The highest BCUT2D eigenvalue weighted by Crippen LogP contribution is 2.39. The first kappa shape index (κ1) is 49.8. The van der Waals surface area contributed by atoms with Gasteiger partial charge in [-0.25, -0.2) is 19.9 Å². The fourth-order valence-electron chi connectivity index (χ4n) is 10.6. The maximum atomic E-state index is 13.4. The number of imide groups is 2. The van der Waals surface area contributed by atoms with Crippen molar-refractivity contribution in [1.82, 2.24) is 44.6 Å². The van der Waals surface area contributed by atoms with Crippen LogP contribution < -0.4 is 16.0 Å². The lowest BCUT2D eigenvalue weighted by molar-refractivity contribution is -0.136. The summed E-state index contributed by atoms with van der Waals surface area (Å²) in [5.74, 6) is 0.0564. The normalized spacial score (nSPS) is 23.6. The van der Waals surface area contributed by atoms with Crippen LogP contribution in [0.3, 0.4) is 0 Å². The SMILES string of the molecule is CC(C)N(C[C@H]1O[C@@H](n2cnc3c(NCCCCCC(=O)CCCNc4cccc5c4C(=O)N(C4CCC(=O)NC4=O)C5=O)ncnc32)[C@@H](O)C1O)C1CC(CCc2nc3ccc(C(C)(C)C)cc3[nH]2)C1. The Kier molecular flexibility index (Phi) is 14.7. The van der Waals surface area contributed by atoms with Crippen LogP contribution in [0, 0.1) is 5.92 Å². The van der Waals surface area contributed by atoms with Crippen molar-refractivity contribution < 1.29 is 38.9 Å². The third kappa shape index (κ3) is 10.6. The van der Waals surface area contributed by atoms with Gasteiger partial charge in [0.2, 0.25) is 11.8 Å². The summed E-state index contributed by atoms with van der Waals surface area (Å²) in [5, 5.41) is 31.4. The Morgan fingerprint density at radius 1 is 0.944 bits per heavy atom. The fraction of sp³-hybridized carbons (Fsp3) is 0.558. The summed E-state index contributed by atoms with van der Waals surface area (Å²) in [6.45, 7) is 12.5. The number of nitrogens with one attached hydrogen (secondary N) is 4. The number of aliphatic hydroxyl groups excluding tert-OH is 2. The number of aryl methyl sites for hydroxylation is 1. The molecule has 5 aromatic rings. The summed E-state index contributed by atoms with van der Waals surface area (Å²) in [5.41, 5.74) is 5.32. The molecule has 6 N–H and O–H groups in total. The van der Waals surface area contributed by atoms with Gasteiger partial charge in [-0.3, -0.25) is 43.7 Å². The number of fused-ring (bicyclic) bond motifs is 3. The number of imidazole rings is 2. The topological polar surface area (TPSA) is 250 Å². The van der Waals surface area contributed by atoms with Gasteiger partial charge in [0, 0.05) is 63.1 Å². The number of aromatic nitrogens is 6. The second-order valence-electron chi connectivity index (χ2n) is 21.1. The molecule has 3 aromatic heterocycles.